The van der Waals surface area contributed by atoms with Crippen molar-refractivity contribution in [1.29, 1.82) is 0 Å². The van der Waals surface area contributed by atoms with Crippen LogP contribution in [0.4, 0.5) is 17.1 Å². The van der Waals surface area contributed by atoms with Gasteiger partial charge < -0.3 is 13.9 Å². The van der Waals surface area contributed by atoms with Gasteiger partial charge in [-0.15, -0.1) is 0 Å². The van der Waals surface area contributed by atoms with E-state index in [0.717, 1.165) is 66.9 Å². The highest BCUT2D eigenvalue weighted by atomic mass is 16.3. The van der Waals surface area contributed by atoms with Crippen molar-refractivity contribution in [1.82, 2.24) is 4.57 Å². The Morgan fingerprint density at radius 1 is 0.403 bits per heavy atom. The molecule has 2 heterocycles. The largest absolute Gasteiger partial charge is 0.456 e. The van der Waals surface area contributed by atoms with E-state index in [4.69, 9.17) is 4.42 Å². The van der Waals surface area contributed by atoms with Gasteiger partial charge in [-0.2, -0.15) is 0 Å². The highest BCUT2D eigenvalue weighted by molar-refractivity contribution is 6.13. The molecule has 3 nitrogen and oxygen atoms in total. The SMILES string of the molecule is c1ccc(-n2c3ccccc3c3ccc(-c4ccccc4N(c4cccc(-c5cccc6oc7ccccc7c56)c4)c4ccccc4-c4cccc5cccc(C6CCCCC6)c45)cc32)cc1. The molecule has 320 valence electrons. The minimum atomic E-state index is 0.558. The number of aromatic nitrogens is 1. The lowest BCUT2D eigenvalue weighted by molar-refractivity contribution is 0.445. The van der Waals surface area contributed by atoms with Gasteiger partial charge in [0, 0.05) is 44.0 Å². The molecule has 0 spiro atoms. The molecule has 13 rings (SSSR count). The number of anilines is 3. The fraction of sp³-hybridized carbons (Fsp3) is 0.0938. The summed E-state index contributed by atoms with van der Waals surface area (Å²) in [6.45, 7) is 0. The molecular formula is C64H48N2O. The summed E-state index contributed by atoms with van der Waals surface area (Å²) in [4.78, 5) is 2.51. The summed E-state index contributed by atoms with van der Waals surface area (Å²) in [7, 11) is 0. The van der Waals surface area contributed by atoms with E-state index in [0.29, 0.717) is 5.92 Å². The quantitative estimate of drug-likeness (QED) is 0.152. The van der Waals surface area contributed by atoms with Crippen molar-refractivity contribution < 1.29 is 4.42 Å². The molecule has 0 unspecified atom stereocenters. The molecule has 3 heteroatoms. The fourth-order valence-electron chi connectivity index (χ4n) is 11.4. The van der Waals surface area contributed by atoms with Crippen molar-refractivity contribution in [3.05, 3.63) is 230 Å². The minimum Gasteiger partial charge on any atom is -0.456 e. The zero-order valence-corrected chi connectivity index (χ0v) is 37.3. The van der Waals surface area contributed by atoms with Gasteiger partial charge >= 0.3 is 0 Å². The molecule has 2 aromatic heterocycles. The number of furan rings is 1. The Labute approximate surface area is 390 Å². The summed E-state index contributed by atoms with van der Waals surface area (Å²) in [5.41, 5.74) is 17.2. The van der Waals surface area contributed by atoms with Crippen LogP contribution in [0.15, 0.2) is 229 Å². The zero-order chi connectivity index (χ0) is 44.3. The summed E-state index contributed by atoms with van der Waals surface area (Å²) in [5.74, 6) is 0.558. The second kappa shape index (κ2) is 16.4. The van der Waals surface area contributed by atoms with Gasteiger partial charge in [0.05, 0.1) is 22.4 Å². The third-order valence-electron chi connectivity index (χ3n) is 14.4. The highest BCUT2D eigenvalue weighted by Gasteiger charge is 2.25. The van der Waals surface area contributed by atoms with Crippen LogP contribution >= 0.6 is 0 Å². The Kier molecular flexibility index (Phi) is 9.60. The van der Waals surface area contributed by atoms with Crippen LogP contribution in [0.3, 0.4) is 0 Å². The fourth-order valence-corrected chi connectivity index (χ4v) is 11.4. The molecule has 0 N–H and O–H groups in total. The van der Waals surface area contributed by atoms with Crippen LogP contribution in [0, 0.1) is 0 Å². The first kappa shape index (κ1) is 39.2. The second-order valence-electron chi connectivity index (χ2n) is 18.2. The molecule has 12 aromatic rings. The van der Waals surface area contributed by atoms with E-state index >= 15 is 0 Å². The first-order chi connectivity index (χ1) is 33.3. The van der Waals surface area contributed by atoms with Crippen molar-refractivity contribution in [2.24, 2.45) is 0 Å². The molecule has 0 bridgehead atoms. The number of nitrogens with zero attached hydrogens (tertiary/aromatic N) is 2. The van der Waals surface area contributed by atoms with Gasteiger partial charge in [-0.05, 0) is 118 Å². The third-order valence-corrected chi connectivity index (χ3v) is 14.4. The van der Waals surface area contributed by atoms with Crippen LogP contribution in [-0.2, 0) is 0 Å². The van der Waals surface area contributed by atoms with E-state index in [1.807, 2.05) is 6.07 Å². The molecule has 0 atom stereocenters. The maximum atomic E-state index is 6.42. The number of hydrogen-bond acceptors (Lipinski definition) is 2. The van der Waals surface area contributed by atoms with Gasteiger partial charge in [-0.3, -0.25) is 0 Å². The maximum Gasteiger partial charge on any atom is 0.136 e. The molecular weight excluding hydrogens is 813 g/mol. The molecule has 1 aliphatic carbocycles. The van der Waals surface area contributed by atoms with Crippen LogP contribution in [-0.4, -0.2) is 4.57 Å². The number of para-hydroxylation sites is 5. The van der Waals surface area contributed by atoms with Crippen molar-refractivity contribution in [2.75, 3.05) is 4.90 Å². The van der Waals surface area contributed by atoms with Gasteiger partial charge in [0.2, 0.25) is 0 Å². The standard InChI is InChI=1S/C64H48N2O/c1-3-19-43(20-4-1)50-31-16-21-44-22-17-33-55(63(44)50)53-29-9-13-36-59(53)66(48-26-15-23-45(41-48)51-32-18-38-62-64(51)56-30-10-14-37-61(56)67-62)57-34-11-7-27-49(57)46-39-40-54-52-28-8-12-35-58(52)65(60(54)42-46)47-24-5-2-6-25-47/h2,5-18,21-43H,1,3-4,19-20H2. The van der Waals surface area contributed by atoms with Gasteiger partial charge in [0.15, 0.2) is 0 Å². The second-order valence-corrected chi connectivity index (χ2v) is 18.2. The Balaban J connectivity index is 1.06. The summed E-state index contributed by atoms with van der Waals surface area (Å²) in [5, 5.41) is 7.42. The Morgan fingerprint density at radius 2 is 1.03 bits per heavy atom. The molecule has 0 amide bonds. The average molecular weight is 861 g/mol. The van der Waals surface area contributed by atoms with Gasteiger partial charge in [-0.25, -0.2) is 0 Å². The predicted octanol–water partition coefficient (Wildman–Crippen LogP) is 18.4. The number of fused-ring (bicyclic) bond motifs is 7. The normalized spacial score (nSPS) is 13.3. The maximum absolute atomic E-state index is 6.42. The van der Waals surface area contributed by atoms with Crippen LogP contribution < -0.4 is 4.90 Å². The zero-order valence-electron chi connectivity index (χ0n) is 37.3. The number of rotatable bonds is 8. The van der Waals surface area contributed by atoms with E-state index in [1.54, 1.807) is 0 Å². The van der Waals surface area contributed by atoms with Crippen molar-refractivity contribution >= 4 is 71.6 Å². The first-order valence-corrected chi connectivity index (χ1v) is 23.9. The third kappa shape index (κ3) is 6.64. The molecule has 1 aliphatic rings. The van der Waals surface area contributed by atoms with Crippen molar-refractivity contribution in [2.45, 2.75) is 38.0 Å². The van der Waals surface area contributed by atoms with Crippen molar-refractivity contribution in [3.63, 3.8) is 0 Å². The Hall–Kier alpha value is -8.14. The monoisotopic (exact) mass is 860 g/mol. The summed E-state index contributed by atoms with van der Waals surface area (Å²) >= 11 is 0. The predicted molar refractivity (Wildman–Crippen MR) is 282 cm³/mol. The Morgan fingerprint density at radius 3 is 1.90 bits per heavy atom. The van der Waals surface area contributed by atoms with Gasteiger partial charge in [0.25, 0.3) is 0 Å². The lowest BCUT2D eigenvalue weighted by Crippen LogP contribution is -2.13. The van der Waals surface area contributed by atoms with Gasteiger partial charge in [-0.1, -0.05) is 183 Å². The van der Waals surface area contributed by atoms with E-state index in [9.17, 15) is 0 Å². The molecule has 1 fully saturated rings. The van der Waals surface area contributed by atoms with E-state index in [-0.39, 0.29) is 0 Å². The van der Waals surface area contributed by atoms with Crippen molar-refractivity contribution in [3.8, 4) is 39.1 Å². The number of benzene rings is 10. The average Bonchev–Trinajstić information content (AvgIpc) is 3.95. The summed E-state index contributed by atoms with van der Waals surface area (Å²) in [6.07, 6.45) is 6.40. The lowest BCUT2D eigenvalue weighted by atomic mass is 9.80. The van der Waals surface area contributed by atoms with Crippen LogP contribution in [0.2, 0.25) is 0 Å². The van der Waals surface area contributed by atoms with Crippen LogP contribution in [0.25, 0.3) is 93.6 Å². The molecule has 67 heavy (non-hydrogen) atoms. The minimum absolute atomic E-state index is 0.558. The molecule has 1 saturated carbocycles. The lowest BCUT2D eigenvalue weighted by Gasteiger charge is -2.31. The van der Waals surface area contributed by atoms with Gasteiger partial charge in [0.1, 0.15) is 11.2 Å². The smallest absolute Gasteiger partial charge is 0.136 e. The van der Waals surface area contributed by atoms with E-state index < -0.39 is 0 Å². The van der Waals surface area contributed by atoms with E-state index in [1.165, 1.54) is 81.4 Å². The molecule has 0 aliphatic heterocycles. The molecule has 0 radical (unpaired) electrons. The summed E-state index contributed by atoms with van der Waals surface area (Å²) < 4.78 is 8.84. The molecule has 10 aromatic carbocycles. The molecule has 0 saturated heterocycles. The Bertz CT molecular complexity index is 3810. The summed E-state index contributed by atoms with van der Waals surface area (Å²) in [6, 6.07) is 82.4. The van der Waals surface area contributed by atoms with Crippen LogP contribution in [0.5, 0.6) is 0 Å². The first-order valence-electron chi connectivity index (χ1n) is 23.9. The topological polar surface area (TPSA) is 21.3 Å². The highest BCUT2D eigenvalue weighted by Crippen LogP contribution is 2.49. The van der Waals surface area contributed by atoms with Crippen LogP contribution in [0.1, 0.15) is 43.6 Å². The van der Waals surface area contributed by atoms with E-state index in [2.05, 4.69) is 228 Å². The number of hydrogen-bond donors (Lipinski definition) is 0.